The molecular formula is C24H28N2O. The Hall–Kier alpha value is -2.68. The lowest BCUT2D eigenvalue weighted by Gasteiger charge is -2.31. The van der Waals surface area contributed by atoms with Crippen molar-refractivity contribution in [2.75, 3.05) is 18.5 Å². The Bertz CT molecular complexity index is 1040. The zero-order chi connectivity index (χ0) is 19.3. The van der Waals surface area contributed by atoms with Crippen LogP contribution in [-0.2, 0) is 19.4 Å². The van der Waals surface area contributed by atoms with Crippen molar-refractivity contribution in [3.63, 3.8) is 0 Å². The zero-order valence-electron chi connectivity index (χ0n) is 16.8. The van der Waals surface area contributed by atoms with Gasteiger partial charge in [0.05, 0.1) is 17.0 Å². The smallest absolute Gasteiger partial charge is 0.0895 e. The fraction of sp³-hybridized carbons (Fsp3) is 0.333. The van der Waals surface area contributed by atoms with E-state index in [-0.39, 0.29) is 5.76 Å². The van der Waals surface area contributed by atoms with Gasteiger partial charge in [-0.1, -0.05) is 37.8 Å². The summed E-state index contributed by atoms with van der Waals surface area (Å²) in [6.07, 6.45) is 1.52. The molecule has 0 bridgehead atoms. The number of likely N-dealkylation sites (N-methyl/N-ethyl adjacent to an activating group) is 1. The molecule has 0 radical (unpaired) electrons. The third-order valence-corrected chi connectivity index (χ3v) is 5.98. The fourth-order valence-electron chi connectivity index (χ4n) is 4.57. The number of hydrogen-bond donors (Lipinski definition) is 1. The molecule has 0 aliphatic carbocycles. The maximum atomic E-state index is 10.0. The standard InChI is InChI=1S/C24H28N2O/c1-6-18-7-9-19(10-8-18)22-20(14-16(3)27)17(4)23-24-21(22)13-15(2)26(24)12-11-25(23)5/h7-10,13,27H,3,6,11-12,14H2,1-2,4-5H3. The minimum absolute atomic E-state index is 0.214. The Kier molecular flexibility index (Phi) is 4.26. The second kappa shape index (κ2) is 6.49. The highest BCUT2D eigenvalue weighted by Gasteiger charge is 2.26. The summed E-state index contributed by atoms with van der Waals surface area (Å²) >= 11 is 0. The molecule has 0 amide bonds. The van der Waals surface area contributed by atoms with Gasteiger partial charge in [-0.2, -0.15) is 0 Å². The number of aromatic nitrogens is 1. The molecule has 140 valence electrons. The molecule has 0 spiro atoms. The van der Waals surface area contributed by atoms with E-state index in [1.165, 1.54) is 50.1 Å². The number of aliphatic hydroxyl groups is 1. The van der Waals surface area contributed by atoms with Gasteiger partial charge in [-0.15, -0.1) is 0 Å². The summed E-state index contributed by atoms with van der Waals surface area (Å²) in [5.41, 5.74) is 10.1. The van der Waals surface area contributed by atoms with E-state index in [0.29, 0.717) is 6.42 Å². The first kappa shape index (κ1) is 17.7. The molecule has 0 atom stereocenters. The second-order valence-electron chi connectivity index (χ2n) is 7.74. The van der Waals surface area contributed by atoms with Gasteiger partial charge in [0.2, 0.25) is 0 Å². The fourth-order valence-corrected chi connectivity index (χ4v) is 4.57. The van der Waals surface area contributed by atoms with Gasteiger partial charge in [0.25, 0.3) is 0 Å². The van der Waals surface area contributed by atoms with Crippen molar-refractivity contribution in [1.29, 1.82) is 0 Å². The van der Waals surface area contributed by atoms with Crippen LogP contribution >= 0.6 is 0 Å². The Balaban J connectivity index is 2.11. The van der Waals surface area contributed by atoms with E-state index >= 15 is 0 Å². The molecule has 1 N–H and O–H groups in total. The number of aryl methyl sites for hydroxylation is 2. The van der Waals surface area contributed by atoms with Crippen LogP contribution in [0.15, 0.2) is 42.7 Å². The zero-order valence-corrected chi connectivity index (χ0v) is 16.8. The minimum atomic E-state index is 0.214. The molecule has 1 aromatic heterocycles. The largest absolute Gasteiger partial charge is 0.513 e. The Morgan fingerprint density at radius 3 is 2.48 bits per heavy atom. The van der Waals surface area contributed by atoms with Crippen molar-refractivity contribution >= 4 is 16.6 Å². The first-order valence-corrected chi connectivity index (χ1v) is 9.74. The predicted molar refractivity (Wildman–Crippen MR) is 115 cm³/mol. The molecule has 2 heterocycles. The predicted octanol–water partition coefficient (Wildman–Crippen LogP) is 5.55. The number of rotatable bonds is 4. The van der Waals surface area contributed by atoms with Crippen LogP contribution in [-0.4, -0.2) is 23.3 Å². The van der Waals surface area contributed by atoms with Gasteiger partial charge in [-0.25, -0.2) is 0 Å². The lowest BCUT2D eigenvalue weighted by atomic mass is 9.88. The first-order valence-electron chi connectivity index (χ1n) is 9.74. The van der Waals surface area contributed by atoms with E-state index in [1.807, 2.05) is 0 Å². The third-order valence-electron chi connectivity index (χ3n) is 5.98. The molecule has 3 nitrogen and oxygen atoms in total. The SMILES string of the molecule is C=C(O)Cc1c(C)c2c3c(cc(C)n3CCN2C)c1-c1ccc(CC)cc1. The van der Waals surface area contributed by atoms with E-state index in [4.69, 9.17) is 0 Å². The topological polar surface area (TPSA) is 28.4 Å². The maximum absolute atomic E-state index is 10.0. The summed E-state index contributed by atoms with van der Waals surface area (Å²) in [6, 6.07) is 11.2. The summed E-state index contributed by atoms with van der Waals surface area (Å²) in [5, 5.41) is 11.3. The van der Waals surface area contributed by atoms with Gasteiger partial charge >= 0.3 is 0 Å². The highest BCUT2D eigenvalue weighted by atomic mass is 16.3. The minimum Gasteiger partial charge on any atom is -0.513 e. The van der Waals surface area contributed by atoms with Crippen LogP contribution < -0.4 is 4.90 Å². The number of allylic oxidation sites excluding steroid dienone is 1. The van der Waals surface area contributed by atoms with Crippen molar-refractivity contribution in [3.8, 4) is 11.1 Å². The van der Waals surface area contributed by atoms with Gasteiger partial charge < -0.3 is 14.6 Å². The van der Waals surface area contributed by atoms with Crippen LogP contribution in [0.1, 0.15) is 29.3 Å². The summed E-state index contributed by atoms with van der Waals surface area (Å²) in [6.45, 7) is 12.4. The number of benzene rings is 2. The molecule has 1 aliphatic heterocycles. The molecule has 0 unspecified atom stereocenters. The normalized spacial score (nSPS) is 13.4. The molecule has 1 aliphatic rings. The average molecular weight is 361 g/mol. The van der Waals surface area contributed by atoms with Crippen LogP contribution in [0, 0.1) is 13.8 Å². The van der Waals surface area contributed by atoms with Crippen molar-refractivity contribution in [2.24, 2.45) is 0 Å². The van der Waals surface area contributed by atoms with Gasteiger partial charge in [0.15, 0.2) is 0 Å². The Labute approximate surface area is 161 Å². The number of anilines is 1. The second-order valence-corrected chi connectivity index (χ2v) is 7.74. The van der Waals surface area contributed by atoms with Gasteiger partial charge in [0, 0.05) is 37.6 Å². The quantitative estimate of drug-likeness (QED) is 0.618. The molecule has 3 heteroatoms. The molecule has 0 fully saturated rings. The highest BCUT2D eigenvalue weighted by molar-refractivity contribution is 6.06. The van der Waals surface area contributed by atoms with E-state index in [9.17, 15) is 5.11 Å². The molecule has 0 saturated carbocycles. The highest BCUT2D eigenvalue weighted by Crippen LogP contribution is 2.44. The summed E-state index contributed by atoms with van der Waals surface area (Å²) in [5.74, 6) is 0.214. The van der Waals surface area contributed by atoms with E-state index in [2.05, 4.69) is 74.2 Å². The number of aliphatic hydroxyl groups excluding tert-OH is 1. The maximum Gasteiger partial charge on any atom is 0.0895 e. The van der Waals surface area contributed by atoms with E-state index in [0.717, 1.165) is 19.5 Å². The number of hydrogen-bond acceptors (Lipinski definition) is 2. The Morgan fingerprint density at radius 1 is 1.15 bits per heavy atom. The van der Waals surface area contributed by atoms with Gasteiger partial charge in [-0.3, -0.25) is 0 Å². The molecule has 3 aromatic rings. The van der Waals surface area contributed by atoms with Crippen LogP contribution in [0.5, 0.6) is 0 Å². The third kappa shape index (κ3) is 2.73. The van der Waals surface area contributed by atoms with E-state index in [1.54, 1.807) is 0 Å². The van der Waals surface area contributed by atoms with E-state index < -0.39 is 0 Å². The summed E-state index contributed by atoms with van der Waals surface area (Å²) in [7, 11) is 2.17. The monoisotopic (exact) mass is 360 g/mol. The summed E-state index contributed by atoms with van der Waals surface area (Å²) < 4.78 is 2.44. The number of nitrogens with zero attached hydrogens (tertiary/aromatic N) is 2. The van der Waals surface area contributed by atoms with Crippen molar-refractivity contribution in [2.45, 2.75) is 40.2 Å². The summed E-state index contributed by atoms with van der Waals surface area (Å²) in [4.78, 5) is 2.35. The average Bonchev–Trinajstić information content (AvgIpc) is 2.97. The van der Waals surface area contributed by atoms with Gasteiger partial charge in [0.1, 0.15) is 0 Å². The van der Waals surface area contributed by atoms with Gasteiger partial charge in [-0.05, 0) is 54.2 Å². The van der Waals surface area contributed by atoms with Crippen molar-refractivity contribution < 1.29 is 5.11 Å². The van der Waals surface area contributed by atoms with Crippen LogP contribution in [0.3, 0.4) is 0 Å². The lowest BCUT2D eigenvalue weighted by Crippen LogP contribution is -2.29. The van der Waals surface area contributed by atoms with Crippen LogP contribution in [0.25, 0.3) is 22.0 Å². The molecule has 4 rings (SSSR count). The molecule has 27 heavy (non-hydrogen) atoms. The molecular weight excluding hydrogens is 332 g/mol. The molecule has 2 aromatic carbocycles. The van der Waals surface area contributed by atoms with Crippen LogP contribution in [0.4, 0.5) is 5.69 Å². The van der Waals surface area contributed by atoms with Crippen LogP contribution in [0.2, 0.25) is 0 Å². The Morgan fingerprint density at radius 2 is 1.85 bits per heavy atom. The van der Waals surface area contributed by atoms with Crippen molar-refractivity contribution in [1.82, 2.24) is 4.57 Å². The van der Waals surface area contributed by atoms with Crippen molar-refractivity contribution in [3.05, 3.63) is 65.1 Å². The lowest BCUT2D eigenvalue weighted by molar-refractivity contribution is 0.401. The molecule has 0 saturated heterocycles. The first-order chi connectivity index (χ1) is 12.9.